The van der Waals surface area contributed by atoms with Crippen LogP contribution in [0.2, 0.25) is 0 Å². The van der Waals surface area contributed by atoms with Crippen molar-refractivity contribution in [1.29, 1.82) is 0 Å². The van der Waals surface area contributed by atoms with Gasteiger partial charge < -0.3 is 0 Å². The van der Waals surface area contributed by atoms with Crippen molar-refractivity contribution in [3.63, 3.8) is 0 Å². The molecular weight excluding hydrogens is 1310 g/mol. The summed E-state index contributed by atoms with van der Waals surface area (Å²) in [5.74, 6) is 1.43. The van der Waals surface area contributed by atoms with E-state index in [1.54, 1.807) is 55.4 Å². The molecule has 98 heavy (non-hydrogen) atoms. The quantitative estimate of drug-likeness (QED) is 0.0948. The summed E-state index contributed by atoms with van der Waals surface area (Å²) in [4.78, 5) is 0. The van der Waals surface area contributed by atoms with Gasteiger partial charge in [0.25, 0.3) is 0 Å². The van der Waals surface area contributed by atoms with E-state index in [1.807, 2.05) is 48.5 Å². The second-order valence-electron chi connectivity index (χ2n) is 35.2. The fourth-order valence-electron chi connectivity index (χ4n) is 6.09. The van der Waals surface area contributed by atoms with Gasteiger partial charge in [-0.05, 0) is 165 Å². The number of halogens is 15. The van der Waals surface area contributed by atoms with Gasteiger partial charge in [-0.3, -0.25) is 0 Å². The van der Waals surface area contributed by atoms with E-state index in [0.717, 1.165) is 60.7 Å². The molecular formula is C83H177Cl2F13. The van der Waals surface area contributed by atoms with Gasteiger partial charge in [0.1, 0.15) is 0 Å². The highest BCUT2D eigenvalue weighted by Crippen LogP contribution is 2.36. The summed E-state index contributed by atoms with van der Waals surface area (Å²) in [7, 11) is 0. The standard InChI is InChI=1S/C8H15F3.C8H18.C7H13F3.3C7H16.C6H13Cl.C6H11F3.C6H13F.C6H14.C5H11Cl.C5H10F2.C5H11F/c1-5(2)6(3)7(4)8(9,10)11;1-7(2)6-8(3,4)5;1-4-6(5(2)3)7(8,9)10;1-6(2)7(3,4)5;1-6(2)5-7(3)4;1-5-7(4)6(2)3;1-4-6(7)5(2)3;1-4(2)5(3)6(7,8)9;1-5(2)4-6(3)7;1-5(2)6(3)4;1-4(2)5(3)6;1-4(2)5(3,6)7;1-4(2)5(3)6/h5-7H,1-4H3;7H,6H2,1-5H3;5-6H,4H2,1-3H3;6H,1-5H3;2*6-7H,5H2,1-4H3;5-6H,4H2,1-3H3;4-5H,1-3H3;5-6H,4H2,1-3H3;5-6H,1-4H3;4-5H,1-3H3;4H,1-3H3;4-5H,1-3H3. The molecule has 0 aliphatic carbocycles. The van der Waals surface area contributed by atoms with Gasteiger partial charge >= 0.3 is 18.5 Å². The molecule has 0 aliphatic rings. The lowest BCUT2D eigenvalue weighted by Crippen LogP contribution is -2.28. The maximum atomic E-state index is 12.1. The van der Waals surface area contributed by atoms with Gasteiger partial charge in [0.15, 0.2) is 0 Å². The third kappa shape index (κ3) is 120. The van der Waals surface area contributed by atoms with Gasteiger partial charge in [0.05, 0.1) is 30.1 Å². The Morgan fingerprint density at radius 2 is 0.592 bits per heavy atom. The zero-order valence-corrected chi connectivity index (χ0v) is 75.3. The molecule has 9 atom stereocenters. The Morgan fingerprint density at radius 3 is 0.602 bits per heavy atom. The SMILES string of the molecule is CC(C)C(C)(C)C.CC(C)C(C)(F)F.CC(C)C(C)C.CC(C)C(C)C(C)C(F)(F)F.CC(C)C(C)C(F)(F)F.CC(C)C(C)Cl.CC(C)C(C)F.CC(C)CC(C)(C)C.CC(C)CC(C)C.CC(C)CC(C)F.CCC(C(C)C)C(F)(F)F.CCC(C)C(C)C.CCC(Cl)C(C)C. The summed E-state index contributed by atoms with van der Waals surface area (Å²) >= 11 is 11.4. The van der Waals surface area contributed by atoms with Crippen LogP contribution >= 0.6 is 23.2 Å². The molecule has 0 aromatic rings. The van der Waals surface area contributed by atoms with Crippen molar-refractivity contribution in [2.45, 2.75) is 411 Å². The molecule has 0 aliphatic heterocycles. The second kappa shape index (κ2) is 68.5. The van der Waals surface area contributed by atoms with E-state index in [9.17, 15) is 57.1 Å². The summed E-state index contributed by atoms with van der Waals surface area (Å²) < 4.78 is 155. The van der Waals surface area contributed by atoms with Crippen LogP contribution in [0, 0.1) is 129 Å². The fourth-order valence-corrected chi connectivity index (χ4v) is 6.09. The molecule has 0 saturated carbocycles. The van der Waals surface area contributed by atoms with Gasteiger partial charge in [-0.1, -0.05) is 304 Å². The minimum atomic E-state index is -4.04. The Balaban J connectivity index is -0.0000000729. The summed E-state index contributed by atoms with van der Waals surface area (Å²) in [6.45, 7) is 92.9. The topological polar surface area (TPSA) is 0 Å². The van der Waals surface area contributed by atoms with Crippen molar-refractivity contribution in [2.24, 2.45) is 129 Å². The van der Waals surface area contributed by atoms with Crippen LogP contribution in [-0.4, -0.2) is 47.5 Å². The first-order valence-corrected chi connectivity index (χ1v) is 38.9. The first-order chi connectivity index (χ1) is 42.9. The van der Waals surface area contributed by atoms with E-state index < -0.39 is 60.5 Å². The van der Waals surface area contributed by atoms with E-state index >= 15 is 0 Å². The van der Waals surface area contributed by atoms with Gasteiger partial charge in [-0.25, -0.2) is 17.6 Å². The Morgan fingerprint density at radius 1 is 0.306 bits per heavy atom. The molecule has 0 rings (SSSR count). The molecule has 0 bridgehead atoms. The average Bonchev–Trinajstić information content (AvgIpc) is 1.35. The summed E-state index contributed by atoms with van der Waals surface area (Å²) in [6.07, 6.45) is -7.38. The minimum absolute atomic E-state index is 0.0895. The van der Waals surface area contributed by atoms with Crippen LogP contribution in [0.5, 0.6) is 0 Å². The second-order valence-corrected chi connectivity index (χ2v) is 36.4. The molecule has 0 amide bonds. The molecule has 614 valence electrons. The summed E-state index contributed by atoms with van der Waals surface area (Å²) in [5, 5.41) is 0.699. The average molecular weight is 1490 g/mol. The minimum Gasteiger partial charge on any atom is -0.248 e. The predicted molar refractivity (Wildman–Crippen MR) is 421 cm³/mol. The highest BCUT2D eigenvalue weighted by Gasteiger charge is 2.41. The van der Waals surface area contributed by atoms with Gasteiger partial charge in [0.2, 0.25) is 5.92 Å². The van der Waals surface area contributed by atoms with Gasteiger partial charge in [0, 0.05) is 16.7 Å². The van der Waals surface area contributed by atoms with Crippen LogP contribution in [0.4, 0.5) is 57.1 Å². The van der Waals surface area contributed by atoms with Crippen LogP contribution in [0.15, 0.2) is 0 Å². The van der Waals surface area contributed by atoms with Crippen molar-refractivity contribution < 1.29 is 57.1 Å². The van der Waals surface area contributed by atoms with Gasteiger partial charge in [-0.2, -0.15) is 39.5 Å². The van der Waals surface area contributed by atoms with Crippen molar-refractivity contribution in [1.82, 2.24) is 0 Å². The third-order valence-corrected chi connectivity index (χ3v) is 18.4. The molecule has 15 heteroatoms. The largest absolute Gasteiger partial charge is 0.392 e. The lowest BCUT2D eigenvalue weighted by molar-refractivity contribution is -0.186. The number of hydrogen-bond donors (Lipinski definition) is 0. The number of rotatable bonds is 18. The van der Waals surface area contributed by atoms with Gasteiger partial charge in [-0.15, -0.1) is 23.2 Å². The Kier molecular flexibility index (Phi) is 89.0. The molecule has 0 fully saturated rings. The fraction of sp³-hybridized carbons (Fsp3) is 1.00. The maximum Gasteiger partial charge on any atom is 0.392 e. The first-order valence-electron chi connectivity index (χ1n) is 38.0. The maximum absolute atomic E-state index is 12.1. The molecule has 0 heterocycles. The molecule has 0 saturated heterocycles. The monoisotopic (exact) mass is 1490 g/mol. The molecule has 0 spiro atoms. The van der Waals surface area contributed by atoms with E-state index in [-0.39, 0.29) is 36.0 Å². The highest BCUT2D eigenvalue weighted by molar-refractivity contribution is 6.20. The van der Waals surface area contributed by atoms with Crippen LogP contribution in [0.1, 0.15) is 364 Å². The van der Waals surface area contributed by atoms with Crippen molar-refractivity contribution in [3.8, 4) is 0 Å². The molecule has 0 aromatic carbocycles. The smallest absolute Gasteiger partial charge is 0.248 e. The molecule has 9 unspecified atom stereocenters. The normalized spacial score (nSPS) is 14.7. The molecule has 0 N–H and O–H groups in total. The Labute approximate surface area is 617 Å². The van der Waals surface area contributed by atoms with Crippen LogP contribution in [-0.2, 0) is 0 Å². The third-order valence-electron chi connectivity index (χ3n) is 17.1. The zero-order valence-electron chi connectivity index (χ0n) is 73.8. The molecule has 0 aromatic heterocycles. The van der Waals surface area contributed by atoms with E-state index in [2.05, 4.69) is 187 Å². The number of alkyl halides is 15. The zero-order chi connectivity index (χ0) is 83.1. The van der Waals surface area contributed by atoms with E-state index in [0.29, 0.717) is 45.8 Å². The lowest BCUT2D eigenvalue weighted by atomic mass is 9.84. The van der Waals surface area contributed by atoms with Crippen molar-refractivity contribution in [2.75, 3.05) is 0 Å². The van der Waals surface area contributed by atoms with Crippen LogP contribution in [0.25, 0.3) is 0 Å². The molecule has 0 radical (unpaired) electrons. The molecule has 0 nitrogen and oxygen atoms in total. The summed E-state index contributed by atoms with van der Waals surface area (Å²) in [6, 6.07) is 0. The Hall–Kier alpha value is -0.330. The van der Waals surface area contributed by atoms with Crippen LogP contribution < -0.4 is 0 Å². The highest BCUT2D eigenvalue weighted by atomic mass is 35.5. The van der Waals surface area contributed by atoms with Crippen molar-refractivity contribution in [3.05, 3.63) is 0 Å². The van der Waals surface area contributed by atoms with E-state index in [4.69, 9.17) is 23.2 Å². The number of hydrogen-bond acceptors (Lipinski definition) is 0. The van der Waals surface area contributed by atoms with E-state index in [1.165, 1.54) is 47.0 Å². The van der Waals surface area contributed by atoms with Crippen LogP contribution in [0.3, 0.4) is 0 Å². The summed E-state index contributed by atoms with van der Waals surface area (Å²) in [5.41, 5.74) is 1.02. The first kappa shape index (κ1) is 127. The predicted octanol–water partition coefficient (Wildman–Crippen LogP) is 34.6. The van der Waals surface area contributed by atoms with Crippen molar-refractivity contribution >= 4 is 23.2 Å². The Bertz CT molecular complexity index is 1430. The lowest BCUT2D eigenvalue weighted by Gasteiger charge is -2.25.